The zero-order valence-corrected chi connectivity index (χ0v) is 18.8. The summed E-state index contributed by atoms with van der Waals surface area (Å²) in [5, 5.41) is 6.10. The molecule has 2 aromatic carbocycles. The molecule has 2 N–H and O–H groups in total. The van der Waals surface area contributed by atoms with Crippen molar-refractivity contribution in [2.45, 2.75) is 45.1 Å². The van der Waals surface area contributed by atoms with Gasteiger partial charge in [0.2, 0.25) is 0 Å². The summed E-state index contributed by atoms with van der Waals surface area (Å²) in [5.74, 6) is 0.176. The van der Waals surface area contributed by atoms with E-state index in [4.69, 9.17) is 17.0 Å². The predicted octanol–water partition coefficient (Wildman–Crippen LogP) is 4.30. The Labute approximate surface area is 189 Å². The van der Waals surface area contributed by atoms with E-state index in [1.54, 1.807) is 42.3 Å². The molecule has 0 aromatic heterocycles. The van der Waals surface area contributed by atoms with Crippen LogP contribution in [0.2, 0.25) is 0 Å². The number of thiocarbonyl (C=S) groups is 1. The lowest BCUT2D eigenvalue weighted by Gasteiger charge is -2.26. The number of benzene rings is 2. The van der Waals surface area contributed by atoms with Crippen LogP contribution >= 0.6 is 12.2 Å². The number of amides is 2. The van der Waals surface area contributed by atoms with Gasteiger partial charge in [0.1, 0.15) is 5.75 Å². The normalized spacial score (nSPS) is 13.9. The van der Waals surface area contributed by atoms with Gasteiger partial charge in [-0.25, -0.2) is 0 Å². The maximum Gasteiger partial charge on any atom is 0.257 e. The Kier molecular flexibility index (Phi) is 8.00. The van der Waals surface area contributed by atoms with Crippen molar-refractivity contribution in [3.8, 4) is 5.75 Å². The highest BCUT2D eigenvalue weighted by Gasteiger charge is 2.21. The zero-order chi connectivity index (χ0) is 22.2. The van der Waals surface area contributed by atoms with Crippen LogP contribution < -0.4 is 20.3 Å². The lowest BCUT2D eigenvalue weighted by molar-refractivity contribution is 0.0927. The molecule has 0 saturated heterocycles. The van der Waals surface area contributed by atoms with Gasteiger partial charge in [0, 0.05) is 18.7 Å². The fourth-order valence-corrected chi connectivity index (χ4v) is 3.92. The van der Waals surface area contributed by atoms with Gasteiger partial charge in [-0.2, -0.15) is 0 Å². The fourth-order valence-electron chi connectivity index (χ4n) is 3.72. The van der Waals surface area contributed by atoms with Gasteiger partial charge >= 0.3 is 0 Å². The van der Waals surface area contributed by atoms with Crippen molar-refractivity contribution in [2.75, 3.05) is 18.6 Å². The van der Waals surface area contributed by atoms with Crippen molar-refractivity contribution in [1.82, 2.24) is 10.6 Å². The van der Waals surface area contributed by atoms with E-state index in [1.165, 1.54) is 6.42 Å². The molecule has 0 spiro atoms. The first-order valence-electron chi connectivity index (χ1n) is 10.7. The molecule has 1 fully saturated rings. The number of anilines is 1. The summed E-state index contributed by atoms with van der Waals surface area (Å²) in [4.78, 5) is 27.2. The van der Waals surface area contributed by atoms with E-state index in [-0.39, 0.29) is 23.0 Å². The quantitative estimate of drug-likeness (QED) is 0.657. The predicted molar refractivity (Wildman–Crippen MR) is 127 cm³/mol. The van der Waals surface area contributed by atoms with E-state index in [2.05, 4.69) is 10.6 Å². The third-order valence-corrected chi connectivity index (χ3v) is 5.76. The van der Waals surface area contributed by atoms with Crippen LogP contribution in [0.25, 0.3) is 0 Å². The smallest absolute Gasteiger partial charge is 0.257 e. The Morgan fingerprint density at radius 1 is 1.06 bits per heavy atom. The Morgan fingerprint density at radius 3 is 2.55 bits per heavy atom. The van der Waals surface area contributed by atoms with Crippen molar-refractivity contribution < 1.29 is 14.3 Å². The molecule has 6 nitrogen and oxygen atoms in total. The maximum absolute atomic E-state index is 12.9. The van der Waals surface area contributed by atoms with Crippen LogP contribution in [0.15, 0.2) is 48.5 Å². The Hall–Kier alpha value is -2.93. The number of carbonyl (C=O) groups is 2. The van der Waals surface area contributed by atoms with Gasteiger partial charge in [-0.1, -0.05) is 37.5 Å². The van der Waals surface area contributed by atoms with Gasteiger partial charge < -0.3 is 15.0 Å². The molecule has 7 heteroatoms. The van der Waals surface area contributed by atoms with Crippen LogP contribution in [0, 0.1) is 0 Å². The first-order chi connectivity index (χ1) is 15.0. The summed E-state index contributed by atoms with van der Waals surface area (Å²) in [6.07, 6.45) is 5.55. The van der Waals surface area contributed by atoms with Gasteiger partial charge in [0.05, 0.1) is 17.9 Å². The minimum Gasteiger partial charge on any atom is -0.494 e. The Balaban J connectivity index is 1.69. The highest BCUT2D eigenvalue weighted by atomic mass is 32.1. The topological polar surface area (TPSA) is 70.7 Å². The average molecular weight is 440 g/mol. The molecule has 0 radical (unpaired) electrons. The molecule has 2 aromatic rings. The standard InChI is InChI=1S/C24H29N3O3S/c1-3-30-19-13-9-10-17(16-19)22(28)26-24(31)27(2)21-15-8-7-14-20(21)23(29)25-18-11-5-4-6-12-18/h7-10,13-16,18H,3-6,11-12H2,1-2H3,(H,25,29)(H,26,28,31). The minimum atomic E-state index is -0.331. The van der Waals surface area contributed by atoms with Crippen LogP contribution in [0.4, 0.5) is 5.69 Å². The molecule has 2 amide bonds. The number of nitrogens with zero attached hydrogens (tertiary/aromatic N) is 1. The Morgan fingerprint density at radius 2 is 1.81 bits per heavy atom. The molecule has 0 unspecified atom stereocenters. The second-order valence-corrected chi connectivity index (χ2v) is 7.99. The van der Waals surface area contributed by atoms with Crippen LogP contribution in [0.1, 0.15) is 59.7 Å². The van der Waals surface area contributed by atoms with Crippen LogP contribution in [-0.2, 0) is 0 Å². The number of ether oxygens (including phenoxy) is 1. The summed E-state index contributed by atoms with van der Waals surface area (Å²) >= 11 is 5.46. The van der Waals surface area contributed by atoms with Gasteiger partial charge in [-0.3, -0.25) is 14.9 Å². The number of hydrogen-bond acceptors (Lipinski definition) is 4. The summed E-state index contributed by atoms with van der Waals surface area (Å²) in [7, 11) is 1.74. The summed E-state index contributed by atoms with van der Waals surface area (Å²) in [5.41, 5.74) is 1.62. The largest absolute Gasteiger partial charge is 0.494 e. The molecule has 31 heavy (non-hydrogen) atoms. The zero-order valence-electron chi connectivity index (χ0n) is 18.0. The van der Waals surface area contributed by atoms with E-state index in [9.17, 15) is 9.59 Å². The SMILES string of the molecule is CCOc1cccc(C(=O)NC(=S)N(C)c2ccccc2C(=O)NC2CCCCC2)c1. The lowest BCUT2D eigenvalue weighted by Crippen LogP contribution is -2.42. The maximum atomic E-state index is 12.9. The van der Waals surface area contributed by atoms with Crippen molar-refractivity contribution >= 4 is 34.8 Å². The summed E-state index contributed by atoms with van der Waals surface area (Å²) < 4.78 is 5.46. The number of hydrogen-bond donors (Lipinski definition) is 2. The highest BCUT2D eigenvalue weighted by molar-refractivity contribution is 7.80. The van der Waals surface area contributed by atoms with E-state index >= 15 is 0 Å². The fraction of sp³-hybridized carbons (Fsp3) is 0.375. The molecule has 0 heterocycles. The van der Waals surface area contributed by atoms with Crippen molar-refractivity contribution in [3.05, 3.63) is 59.7 Å². The van der Waals surface area contributed by atoms with Crippen LogP contribution in [-0.4, -0.2) is 36.6 Å². The molecule has 0 aliphatic heterocycles. The van der Waals surface area contributed by atoms with E-state index in [0.717, 1.165) is 25.7 Å². The van der Waals surface area contributed by atoms with E-state index in [0.29, 0.717) is 29.2 Å². The van der Waals surface area contributed by atoms with Gasteiger partial charge in [0.15, 0.2) is 5.11 Å². The van der Waals surface area contributed by atoms with E-state index < -0.39 is 0 Å². The first kappa shape index (κ1) is 22.7. The van der Waals surface area contributed by atoms with Crippen molar-refractivity contribution in [1.29, 1.82) is 0 Å². The average Bonchev–Trinajstić information content (AvgIpc) is 2.79. The molecule has 1 saturated carbocycles. The molecular formula is C24H29N3O3S. The third-order valence-electron chi connectivity index (χ3n) is 5.38. The number of carbonyl (C=O) groups excluding carboxylic acids is 2. The van der Waals surface area contributed by atoms with Crippen molar-refractivity contribution in [2.24, 2.45) is 0 Å². The molecule has 0 atom stereocenters. The van der Waals surface area contributed by atoms with Gasteiger partial charge in [-0.05, 0) is 62.3 Å². The lowest BCUT2D eigenvalue weighted by atomic mass is 9.95. The second-order valence-electron chi connectivity index (χ2n) is 7.60. The van der Waals surface area contributed by atoms with Gasteiger partial charge in [-0.15, -0.1) is 0 Å². The number of rotatable bonds is 6. The van der Waals surface area contributed by atoms with Gasteiger partial charge in [0.25, 0.3) is 11.8 Å². The highest BCUT2D eigenvalue weighted by Crippen LogP contribution is 2.22. The third kappa shape index (κ3) is 6.04. The van der Waals surface area contributed by atoms with Crippen molar-refractivity contribution in [3.63, 3.8) is 0 Å². The summed E-state index contributed by atoms with van der Waals surface area (Å²) in [6.45, 7) is 2.41. The number of para-hydroxylation sites is 1. The number of nitrogens with one attached hydrogen (secondary N) is 2. The summed E-state index contributed by atoms with van der Waals surface area (Å²) in [6, 6.07) is 14.4. The monoisotopic (exact) mass is 439 g/mol. The Bertz CT molecular complexity index is 941. The van der Waals surface area contributed by atoms with Crippen LogP contribution in [0.5, 0.6) is 5.75 Å². The molecule has 3 rings (SSSR count). The molecular weight excluding hydrogens is 410 g/mol. The molecule has 164 valence electrons. The molecule has 1 aliphatic rings. The first-order valence-corrected chi connectivity index (χ1v) is 11.1. The van der Waals surface area contributed by atoms with E-state index in [1.807, 2.05) is 25.1 Å². The molecule has 1 aliphatic carbocycles. The second kappa shape index (κ2) is 10.9. The minimum absolute atomic E-state index is 0.118. The molecule has 0 bridgehead atoms. The van der Waals surface area contributed by atoms with Crippen LogP contribution in [0.3, 0.4) is 0 Å².